The Balaban J connectivity index is 2.39. The second-order valence-electron chi connectivity index (χ2n) is 6.27. The summed E-state index contributed by atoms with van der Waals surface area (Å²) >= 11 is 0. The molecule has 1 rings (SSSR count). The van der Waals surface area contributed by atoms with Gasteiger partial charge in [0.1, 0.15) is 0 Å². The fraction of sp³-hybridized carbons (Fsp3) is 0.941. The minimum atomic E-state index is 0.000327. The Bertz CT molecular complexity index is 283. The maximum absolute atomic E-state index is 12.3. The van der Waals surface area contributed by atoms with Crippen molar-refractivity contribution in [3.05, 3.63) is 0 Å². The summed E-state index contributed by atoms with van der Waals surface area (Å²) in [4.78, 5) is 14.7. The van der Waals surface area contributed by atoms with Crippen molar-refractivity contribution in [3.63, 3.8) is 0 Å². The van der Waals surface area contributed by atoms with Crippen LogP contribution in [-0.4, -0.2) is 49.1 Å². The Morgan fingerprint density at radius 2 is 2.00 bits per heavy atom. The van der Waals surface area contributed by atoms with Gasteiger partial charge in [-0.3, -0.25) is 9.69 Å². The molecule has 0 bridgehead atoms. The zero-order valence-corrected chi connectivity index (χ0v) is 14.3. The molecule has 0 spiro atoms. The Hall–Kier alpha value is -0.610. The van der Waals surface area contributed by atoms with Crippen LogP contribution in [0.1, 0.15) is 65.7 Å². The third-order valence-electron chi connectivity index (χ3n) is 4.44. The second-order valence-corrected chi connectivity index (χ2v) is 6.27. The molecule has 0 aromatic heterocycles. The maximum atomic E-state index is 12.3. The van der Waals surface area contributed by atoms with Gasteiger partial charge in [0.2, 0.25) is 5.91 Å². The molecule has 4 heteroatoms. The fourth-order valence-electron chi connectivity index (χ4n) is 3.08. The second kappa shape index (κ2) is 11.0. The summed E-state index contributed by atoms with van der Waals surface area (Å²) in [7, 11) is 0. The molecule has 1 saturated heterocycles. The Morgan fingerprint density at radius 1 is 1.19 bits per heavy atom. The van der Waals surface area contributed by atoms with Crippen LogP contribution in [0.2, 0.25) is 0 Å². The smallest absolute Gasteiger partial charge is 0.237 e. The number of unbranched alkanes of at least 4 members (excludes halogenated alkanes) is 2. The van der Waals surface area contributed by atoms with Gasteiger partial charge in [-0.25, -0.2) is 0 Å². The number of nitrogens with one attached hydrogen (secondary N) is 2. The van der Waals surface area contributed by atoms with Gasteiger partial charge >= 0.3 is 0 Å². The molecule has 4 nitrogen and oxygen atoms in total. The van der Waals surface area contributed by atoms with Gasteiger partial charge in [0, 0.05) is 19.1 Å². The van der Waals surface area contributed by atoms with Crippen molar-refractivity contribution < 1.29 is 4.79 Å². The van der Waals surface area contributed by atoms with E-state index >= 15 is 0 Å². The van der Waals surface area contributed by atoms with E-state index in [2.05, 4.69) is 36.3 Å². The zero-order chi connectivity index (χ0) is 15.5. The fourth-order valence-corrected chi connectivity index (χ4v) is 3.08. The summed E-state index contributed by atoms with van der Waals surface area (Å²) in [5, 5.41) is 6.62. The number of nitrogens with zero attached hydrogens (tertiary/aromatic N) is 1. The predicted octanol–water partition coefficient (Wildman–Crippen LogP) is 2.54. The van der Waals surface area contributed by atoms with Gasteiger partial charge in [-0.2, -0.15) is 0 Å². The molecule has 0 radical (unpaired) electrons. The summed E-state index contributed by atoms with van der Waals surface area (Å²) in [5.41, 5.74) is 0. The van der Waals surface area contributed by atoms with Crippen molar-refractivity contribution in [1.29, 1.82) is 0 Å². The first-order valence-electron chi connectivity index (χ1n) is 8.94. The highest BCUT2D eigenvalue weighted by Crippen LogP contribution is 2.19. The normalized spacial score (nSPS) is 21.2. The molecular formula is C17H35N3O. The van der Waals surface area contributed by atoms with Crippen molar-refractivity contribution in [2.24, 2.45) is 0 Å². The molecule has 1 fully saturated rings. The maximum Gasteiger partial charge on any atom is 0.237 e. The minimum Gasteiger partial charge on any atom is -0.355 e. The number of amides is 1. The van der Waals surface area contributed by atoms with Gasteiger partial charge in [0.15, 0.2) is 0 Å². The minimum absolute atomic E-state index is 0.000327. The van der Waals surface area contributed by atoms with Crippen LogP contribution in [0.25, 0.3) is 0 Å². The quantitative estimate of drug-likeness (QED) is 0.609. The van der Waals surface area contributed by atoms with Crippen LogP contribution < -0.4 is 10.6 Å². The van der Waals surface area contributed by atoms with Crippen molar-refractivity contribution in [2.75, 3.05) is 26.2 Å². The van der Waals surface area contributed by atoms with Crippen molar-refractivity contribution in [3.8, 4) is 0 Å². The summed E-state index contributed by atoms with van der Waals surface area (Å²) in [6, 6.07) is 0.516. The molecule has 1 amide bonds. The van der Waals surface area contributed by atoms with E-state index in [1.54, 1.807) is 0 Å². The number of hydrogen-bond donors (Lipinski definition) is 2. The number of hydrogen-bond acceptors (Lipinski definition) is 3. The molecular weight excluding hydrogens is 262 g/mol. The van der Waals surface area contributed by atoms with Crippen LogP contribution in [0.15, 0.2) is 0 Å². The highest BCUT2D eigenvalue weighted by Gasteiger charge is 2.29. The Morgan fingerprint density at radius 3 is 2.71 bits per heavy atom. The number of carbonyl (C=O) groups excluding carboxylic acids is 1. The molecule has 21 heavy (non-hydrogen) atoms. The van der Waals surface area contributed by atoms with Crippen LogP contribution in [0.4, 0.5) is 0 Å². The van der Waals surface area contributed by atoms with Crippen LogP contribution in [0.3, 0.4) is 0 Å². The van der Waals surface area contributed by atoms with E-state index in [1.165, 1.54) is 38.5 Å². The van der Waals surface area contributed by atoms with E-state index in [9.17, 15) is 4.79 Å². The average molecular weight is 297 g/mol. The largest absolute Gasteiger partial charge is 0.355 e. The molecule has 2 atom stereocenters. The highest BCUT2D eigenvalue weighted by atomic mass is 16.2. The van der Waals surface area contributed by atoms with Gasteiger partial charge in [-0.1, -0.05) is 33.1 Å². The van der Waals surface area contributed by atoms with E-state index in [0.717, 1.165) is 32.6 Å². The van der Waals surface area contributed by atoms with E-state index in [-0.39, 0.29) is 11.9 Å². The van der Waals surface area contributed by atoms with Crippen molar-refractivity contribution in [2.45, 2.75) is 77.8 Å². The van der Waals surface area contributed by atoms with Gasteiger partial charge in [0.05, 0.1) is 6.04 Å². The highest BCUT2D eigenvalue weighted by molar-refractivity contribution is 5.81. The molecule has 0 aromatic rings. The summed E-state index contributed by atoms with van der Waals surface area (Å²) < 4.78 is 0. The molecule has 1 heterocycles. The van der Waals surface area contributed by atoms with Crippen LogP contribution >= 0.6 is 0 Å². The lowest BCUT2D eigenvalue weighted by Gasteiger charge is -2.39. The van der Waals surface area contributed by atoms with Crippen LogP contribution in [-0.2, 0) is 4.79 Å². The zero-order valence-electron chi connectivity index (χ0n) is 14.3. The summed E-state index contributed by atoms with van der Waals surface area (Å²) in [6.07, 6.45) is 8.38. The Kier molecular flexibility index (Phi) is 9.68. The van der Waals surface area contributed by atoms with Gasteiger partial charge in [0.25, 0.3) is 0 Å². The van der Waals surface area contributed by atoms with Gasteiger partial charge in [-0.05, 0) is 45.7 Å². The molecule has 124 valence electrons. The first-order valence-corrected chi connectivity index (χ1v) is 8.94. The molecule has 0 aromatic carbocycles. The first kappa shape index (κ1) is 18.4. The van der Waals surface area contributed by atoms with Gasteiger partial charge < -0.3 is 10.6 Å². The number of rotatable bonds is 10. The molecule has 2 N–H and O–H groups in total. The molecule has 2 unspecified atom stereocenters. The molecule has 1 aliphatic rings. The predicted molar refractivity (Wildman–Crippen MR) is 89.5 cm³/mol. The number of carbonyl (C=O) groups is 1. The van der Waals surface area contributed by atoms with Crippen LogP contribution in [0, 0.1) is 0 Å². The van der Waals surface area contributed by atoms with Crippen molar-refractivity contribution in [1.82, 2.24) is 15.5 Å². The SMILES string of the molecule is CCCCCNC(=O)C(C)N1CCCCC1CNCCC. The van der Waals surface area contributed by atoms with Crippen molar-refractivity contribution >= 4 is 5.91 Å². The lowest BCUT2D eigenvalue weighted by atomic mass is 9.99. The lowest BCUT2D eigenvalue weighted by Crippen LogP contribution is -2.54. The Labute approximate surface area is 131 Å². The first-order chi connectivity index (χ1) is 10.2. The average Bonchev–Trinajstić information content (AvgIpc) is 2.51. The lowest BCUT2D eigenvalue weighted by molar-refractivity contribution is -0.127. The number of likely N-dealkylation sites (tertiary alicyclic amines) is 1. The van der Waals surface area contributed by atoms with Gasteiger partial charge in [-0.15, -0.1) is 0 Å². The summed E-state index contributed by atoms with van der Waals surface area (Å²) in [5.74, 6) is 0.202. The number of piperidine rings is 1. The van der Waals surface area contributed by atoms with E-state index in [0.29, 0.717) is 6.04 Å². The standard InChI is InChI=1S/C17H35N3O/c1-4-6-8-12-19-17(21)15(3)20-13-9-7-10-16(20)14-18-11-5-2/h15-16,18H,4-14H2,1-3H3,(H,19,21). The third kappa shape index (κ3) is 6.79. The topological polar surface area (TPSA) is 44.4 Å². The summed E-state index contributed by atoms with van der Waals surface area (Å²) in [6.45, 7) is 10.4. The van der Waals surface area contributed by atoms with Crippen LogP contribution in [0.5, 0.6) is 0 Å². The van der Waals surface area contributed by atoms with E-state index < -0.39 is 0 Å². The molecule has 0 saturated carbocycles. The monoisotopic (exact) mass is 297 g/mol. The molecule has 0 aliphatic carbocycles. The van der Waals surface area contributed by atoms with E-state index in [4.69, 9.17) is 0 Å². The molecule has 1 aliphatic heterocycles. The third-order valence-corrected chi connectivity index (χ3v) is 4.44. The van der Waals surface area contributed by atoms with E-state index in [1.807, 2.05) is 0 Å².